The van der Waals surface area contributed by atoms with Gasteiger partial charge in [-0.15, -0.1) is 0 Å². The summed E-state index contributed by atoms with van der Waals surface area (Å²) in [5, 5.41) is 0. The van der Waals surface area contributed by atoms with Gasteiger partial charge in [0.25, 0.3) is 0 Å². The Morgan fingerprint density at radius 1 is 1.05 bits per heavy atom. The molecule has 0 N–H and O–H groups in total. The second-order valence-electron chi connectivity index (χ2n) is 4.32. The van der Waals surface area contributed by atoms with Crippen LogP contribution >= 0.6 is 0 Å². The third kappa shape index (κ3) is 6.40. The van der Waals surface area contributed by atoms with Gasteiger partial charge in [-0.05, 0) is 25.8 Å². The fourth-order valence-corrected chi connectivity index (χ4v) is 1.80. The first-order valence-corrected chi connectivity index (χ1v) is 7.17. The van der Waals surface area contributed by atoms with Crippen molar-refractivity contribution in [3.63, 3.8) is 0 Å². The Morgan fingerprint density at radius 2 is 1.71 bits per heavy atom. The highest BCUT2D eigenvalue weighted by Gasteiger charge is 2.22. The smallest absolute Gasteiger partial charge is 0.339 e. The van der Waals surface area contributed by atoms with Crippen LogP contribution in [0, 0.1) is 0 Å². The molecule has 1 aromatic rings. The minimum Gasteiger partial charge on any atom is -0.466 e. The monoisotopic (exact) mass is 294 g/mol. The highest BCUT2D eigenvalue weighted by Crippen LogP contribution is 2.19. The number of hydrogen-bond donors (Lipinski definition) is 0. The van der Waals surface area contributed by atoms with Crippen molar-refractivity contribution in [2.45, 2.75) is 32.8 Å². The molecule has 0 aliphatic rings. The van der Waals surface area contributed by atoms with E-state index in [-0.39, 0.29) is 19.0 Å². The number of benzene rings is 1. The normalized spacial score (nSPS) is 11.7. The first kappa shape index (κ1) is 17.2. The Balaban J connectivity index is 2.51. The summed E-state index contributed by atoms with van der Waals surface area (Å²) in [6, 6.07) is 9.17. The van der Waals surface area contributed by atoms with Gasteiger partial charge < -0.3 is 14.2 Å². The quantitative estimate of drug-likeness (QED) is 0.517. The van der Waals surface area contributed by atoms with Gasteiger partial charge in [-0.3, -0.25) is 4.79 Å². The van der Waals surface area contributed by atoms with Crippen LogP contribution in [0.5, 0.6) is 0 Å². The molecule has 5 nitrogen and oxygen atoms in total. The molecule has 0 aromatic heterocycles. The van der Waals surface area contributed by atoms with E-state index in [2.05, 4.69) is 0 Å². The van der Waals surface area contributed by atoms with Gasteiger partial charge in [0.2, 0.25) is 0 Å². The van der Waals surface area contributed by atoms with Gasteiger partial charge in [0.15, 0.2) is 6.10 Å². The van der Waals surface area contributed by atoms with Crippen LogP contribution < -0.4 is 0 Å². The maximum atomic E-state index is 11.9. The molecule has 0 saturated heterocycles. The SMILES string of the molecule is CCOC(=O)CCCOC(C(=O)OCC)c1ccccc1. The van der Waals surface area contributed by atoms with Gasteiger partial charge >= 0.3 is 11.9 Å². The van der Waals surface area contributed by atoms with Gasteiger partial charge in [-0.2, -0.15) is 0 Å². The summed E-state index contributed by atoms with van der Waals surface area (Å²) >= 11 is 0. The summed E-state index contributed by atoms with van der Waals surface area (Å²) in [4.78, 5) is 23.2. The third-order valence-corrected chi connectivity index (χ3v) is 2.72. The van der Waals surface area contributed by atoms with E-state index in [0.29, 0.717) is 19.6 Å². The molecular weight excluding hydrogens is 272 g/mol. The Morgan fingerprint density at radius 3 is 2.33 bits per heavy atom. The predicted octanol–water partition coefficient (Wildman–Crippen LogP) is 2.65. The largest absolute Gasteiger partial charge is 0.466 e. The first-order chi connectivity index (χ1) is 10.2. The Kier molecular flexibility index (Phi) is 8.12. The zero-order valence-electron chi connectivity index (χ0n) is 12.5. The van der Waals surface area contributed by atoms with E-state index < -0.39 is 12.1 Å². The van der Waals surface area contributed by atoms with Gasteiger partial charge in [-0.25, -0.2) is 4.79 Å². The lowest BCUT2D eigenvalue weighted by Crippen LogP contribution is -2.20. The minimum atomic E-state index is -0.756. The van der Waals surface area contributed by atoms with Gasteiger partial charge in [0, 0.05) is 13.0 Å². The fraction of sp³-hybridized carbons (Fsp3) is 0.500. The molecule has 5 heteroatoms. The molecule has 1 unspecified atom stereocenters. The van der Waals surface area contributed by atoms with Crippen molar-refractivity contribution < 1.29 is 23.8 Å². The van der Waals surface area contributed by atoms with Gasteiger partial charge in [0.1, 0.15) is 0 Å². The van der Waals surface area contributed by atoms with Crippen LogP contribution in [0.4, 0.5) is 0 Å². The van der Waals surface area contributed by atoms with Crippen LogP contribution in [0.1, 0.15) is 38.4 Å². The van der Waals surface area contributed by atoms with Crippen molar-refractivity contribution in [2.75, 3.05) is 19.8 Å². The van der Waals surface area contributed by atoms with E-state index in [1.807, 2.05) is 30.3 Å². The van der Waals surface area contributed by atoms with Crippen LogP contribution in [0.25, 0.3) is 0 Å². The number of rotatable bonds is 9. The molecule has 0 aliphatic heterocycles. The van der Waals surface area contributed by atoms with E-state index >= 15 is 0 Å². The van der Waals surface area contributed by atoms with Gasteiger partial charge in [-0.1, -0.05) is 30.3 Å². The third-order valence-electron chi connectivity index (χ3n) is 2.72. The molecule has 0 spiro atoms. The molecule has 0 fully saturated rings. The van der Waals surface area contributed by atoms with E-state index in [0.717, 1.165) is 5.56 Å². The summed E-state index contributed by atoms with van der Waals surface area (Å²) in [5.74, 6) is -0.673. The van der Waals surface area contributed by atoms with Crippen molar-refractivity contribution in [1.29, 1.82) is 0 Å². The van der Waals surface area contributed by atoms with Crippen molar-refractivity contribution >= 4 is 11.9 Å². The number of carbonyl (C=O) groups is 2. The first-order valence-electron chi connectivity index (χ1n) is 7.17. The molecule has 116 valence electrons. The van der Waals surface area contributed by atoms with Gasteiger partial charge in [0.05, 0.1) is 13.2 Å². The van der Waals surface area contributed by atoms with Crippen molar-refractivity contribution in [1.82, 2.24) is 0 Å². The molecular formula is C16H22O5. The molecule has 0 bridgehead atoms. The average Bonchev–Trinajstić information content (AvgIpc) is 2.48. The molecule has 0 heterocycles. The highest BCUT2D eigenvalue weighted by molar-refractivity contribution is 5.76. The Labute approximate surface area is 125 Å². The van der Waals surface area contributed by atoms with Crippen LogP contribution in [0.2, 0.25) is 0 Å². The zero-order valence-corrected chi connectivity index (χ0v) is 12.5. The maximum absolute atomic E-state index is 11.9. The predicted molar refractivity (Wildman–Crippen MR) is 77.6 cm³/mol. The summed E-state index contributed by atoms with van der Waals surface area (Å²) in [7, 11) is 0. The molecule has 1 aromatic carbocycles. The molecule has 0 saturated carbocycles. The molecule has 21 heavy (non-hydrogen) atoms. The van der Waals surface area contributed by atoms with E-state index in [1.54, 1.807) is 13.8 Å². The van der Waals surface area contributed by atoms with Crippen LogP contribution in [0.15, 0.2) is 30.3 Å². The van der Waals surface area contributed by atoms with Crippen LogP contribution in [-0.2, 0) is 23.8 Å². The van der Waals surface area contributed by atoms with E-state index in [4.69, 9.17) is 14.2 Å². The number of ether oxygens (including phenoxy) is 3. The summed E-state index contributed by atoms with van der Waals surface area (Å²) in [6.45, 7) is 4.47. The van der Waals surface area contributed by atoms with E-state index in [1.165, 1.54) is 0 Å². The second-order valence-corrected chi connectivity index (χ2v) is 4.32. The molecule has 1 rings (SSSR count). The van der Waals surface area contributed by atoms with Crippen LogP contribution in [0.3, 0.4) is 0 Å². The fourth-order valence-electron chi connectivity index (χ4n) is 1.80. The standard InChI is InChI=1S/C16H22O5/c1-3-19-14(17)11-8-12-21-15(16(18)20-4-2)13-9-6-5-7-10-13/h5-7,9-10,15H,3-4,8,11-12H2,1-2H3. The van der Waals surface area contributed by atoms with Crippen LogP contribution in [-0.4, -0.2) is 31.8 Å². The summed E-state index contributed by atoms with van der Waals surface area (Å²) in [6.07, 6.45) is 0.0214. The molecule has 0 radical (unpaired) electrons. The number of carbonyl (C=O) groups excluding carboxylic acids is 2. The molecule has 0 amide bonds. The lowest BCUT2D eigenvalue weighted by molar-refractivity contribution is -0.157. The Hall–Kier alpha value is -1.88. The summed E-state index contributed by atoms with van der Waals surface area (Å²) < 4.78 is 15.4. The van der Waals surface area contributed by atoms with E-state index in [9.17, 15) is 9.59 Å². The summed E-state index contributed by atoms with van der Waals surface area (Å²) in [5.41, 5.74) is 0.743. The minimum absolute atomic E-state index is 0.256. The van der Waals surface area contributed by atoms with Crippen molar-refractivity contribution in [3.05, 3.63) is 35.9 Å². The molecule has 0 aliphatic carbocycles. The maximum Gasteiger partial charge on any atom is 0.339 e. The number of esters is 2. The van der Waals surface area contributed by atoms with Crippen molar-refractivity contribution in [3.8, 4) is 0 Å². The highest BCUT2D eigenvalue weighted by atomic mass is 16.6. The lowest BCUT2D eigenvalue weighted by atomic mass is 10.1. The zero-order chi connectivity index (χ0) is 15.5. The average molecular weight is 294 g/mol. The lowest BCUT2D eigenvalue weighted by Gasteiger charge is -2.16. The van der Waals surface area contributed by atoms with Crippen molar-refractivity contribution in [2.24, 2.45) is 0 Å². The molecule has 1 atom stereocenters. The Bertz CT molecular complexity index is 430. The number of hydrogen-bond acceptors (Lipinski definition) is 5. The second kappa shape index (κ2) is 9.94. The topological polar surface area (TPSA) is 61.8 Å².